The Morgan fingerprint density at radius 2 is 1.85 bits per heavy atom. The van der Waals surface area contributed by atoms with E-state index < -0.39 is 26.1 Å². The van der Waals surface area contributed by atoms with E-state index in [1.165, 1.54) is 14.2 Å². The Kier molecular flexibility index (Phi) is 6.06. The Morgan fingerprint density at radius 1 is 1.15 bits per heavy atom. The Balaban J connectivity index is 2.60. The maximum absolute atomic E-state index is 12.3. The van der Waals surface area contributed by atoms with E-state index in [-0.39, 0.29) is 5.70 Å². The predicted molar refractivity (Wildman–Crippen MR) is 103 cm³/mol. The van der Waals surface area contributed by atoms with E-state index in [0.29, 0.717) is 0 Å². The Hall–Kier alpha value is -2.78. The lowest BCUT2D eigenvalue weighted by Crippen LogP contribution is -2.31. The SMILES string of the molecule is COC(=O)/C=C(\C(=O)OC)N1C=Cc2ccccc2C1C#C[Si](C)(C)C. The average Bonchev–Trinajstić information content (AvgIpc) is 2.62. The minimum Gasteiger partial charge on any atom is -0.466 e. The molecule has 1 aromatic rings. The van der Waals surface area contributed by atoms with Crippen molar-refractivity contribution in [3.8, 4) is 11.5 Å². The number of methoxy groups -OCH3 is 2. The maximum atomic E-state index is 12.3. The van der Waals surface area contributed by atoms with Gasteiger partial charge in [-0.2, -0.15) is 0 Å². The number of nitrogens with zero attached hydrogens (tertiary/aromatic N) is 1. The summed E-state index contributed by atoms with van der Waals surface area (Å²) in [5.41, 5.74) is 5.44. The van der Waals surface area contributed by atoms with E-state index >= 15 is 0 Å². The molecule has 0 N–H and O–H groups in total. The van der Waals surface area contributed by atoms with E-state index in [1.54, 1.807) is 11.1 Å². The molecule has 0 radical (unpaired) electrons. The lowest BCUT2D eigenvalue weighted by molar-refractivity contribution is -0.139. The summed E-state index contributed by atoms with van der Waals surface area (Å²) in [5.74, 6) is 2.05. The van der Waals surface area contributed by atoms with Crippen LogP contribution in [-0.2, 0) is 19.1 Å². The van der Waals surface area contributed by atoms with Crippen LogP contribution in [0.15, 0.2) is 42.2 Å². The van der Waals surface area contributed by atoms with Crippen molar-refractivity contribution in [2.24, 2.45) is 0 Å². The second-order valence-corrected chi connectivity index (χ2v) is 11.6. The smallest absolute Gasteiger partial charge is 0.354 e. The van der Waals surface area contributed by atoms with Crippen LogP contribution in [0.4, 0.5) is 0 Å². The van der Waals surface area contributed by atoms with E-state index in [1.807, 2.05) is 30.3 Å². The molecule has 5 nitrogen and oxygen atoms in total. The Labute approximate surface area is 155 Å². The van der Waals surface area contributed by atoms with Crippen LogP contribution in [0.1, 0.15) is 17.2 Å². The van der Waals surface area contributed by atoms with Gasteiger partial charge >= 0.3 is 11.9 Å². The highest BCUT2D eigenvalue weighted by Crippen LogP contribution is 2.33. The molecule has 2 rings (SSSR count). The summed E-state index contributed by atoms with van der Waals surface area (Å²) < 4.78 is 9.54. The molecule has 0 aromatic heterocycles. The predicted octanol–water partition coefficient (Wildman–Crippen LogP) is 3.12. The van der Waals surface area contributed by atoms with Crippen LogP contribution in [0.3, 0.4) is 0 Å². The highest BCUT2D eigenvalue weighted by molar-refractivity contribution is 6.83. The number of ether oxygens (including phenoxy) is 2. The van der Waals surface area contributed by atoms with Crippen LogP contribution in [0.5, 0.6) is 0 Å². The van der Waals surface area contributed by atoms with Crippen molar-refractivity contribution in [3.05, 3.63) is 53.4 Å². The van der Waals surface area contributed by atoms with E-state index in [4.69, 9.17) is 4.74 Å². The molecule has 1 atom stereocenters. The minimum atomic E-state index is -1.64. The van der Waals surface area contributed by atoms with E-state index in [9.17, 15) is 9.59 Å². The third kappa shape index (κ3) is 4.64. The number of carbonyl (C=O) groups excluding carboxylic acids is 2. The van der Waals surface area contributed by atoms with Gasteiger partial charge in [0.2, 0.25) is 0 Å². The van der Waals surface area contributed by atoms with Crippen LogP contribution < -0.4 is 0 Å². The van der Waals surface area contributed by atoms with Crippen LogP contribution >= 0.6 is 0 Å². The van der Waals surface area contributed by atoms with Crippen LogP contribution in [-0.4, -0.2) is 39.1 Å². The molecule has 136 valence electrons. The number of hydrogen-bond acceptors (Lipinski definition) is 5. The summed E-state index contributed by atoms with van der Waals surface area (Å²) in [5, 5.41) is 0. The second kappa shape index (κ2) is 8.06. The molecular weight excluding hydrogens is 346 g/mol. The highest BCUT2D eigenvalue weighted by atomic mass is 28.3. The number of fused-ring (bicyclic) bond motifs is 1. The molecule has 1 unspecified atom stereocenters. The molecule has 1 aromatic carbocycles. The molecule has 0 fully saturated rings. The van der Waals surface area contributed by atoms with E-state index in [2.05, 4.69) is 35.8 Å². The number of esters is 2. The van der Waals surface area contributed by atoms with Crippen LogP contribution in [0.2, 0.25) is 19.6 Å². The molecule has 0 spiro atoms. The monoisotopic (exact) mass is 369 g/mol. The number of benzene rings is 1. The zero-order valence-electron chi connectivity index (χ0n) is 15.7. The van der Waals surface area contributed by atoms with Gasteiger partial charge in [0.05, 0.1) is 20.3 Å². The highest BCUT2D eigenvalue weighted by Gasteiger charge is 2.29. The van der Waals surface area contributed by atoms with Crippen molar-refractivity contribution >= 4 is 26.1 Å². The van der Waals surface area contributed by atoms with Gasteiger partial charge in [0.1, 0.15) is 19.8 Å². The summed E-state index contributed by atoms with van der Waals surface area (Å²) in [4.78, 5) is 25.7. The second-order valence-electron chi connectivity index (χ2n) is 6.82. The number of carbonyl (C=O) groups is 2. The summed E-state index contributed by atoms with van der Waals surface area (Å²) in [6.07, 6.45) is 4.76. The van der Waals surface area contributed by atoms with Gasteiger partial charge < -0.3 is 14.4 Å². The van der Waals surface area contributed by atoms with Crippen molar-refractivity contribution in [3.63, 3.8) is 0 Å². The molecule has 26 heavy (non-hydrogen) atoms. The zero-order chi connectivity index (χ0) is 19.3. The lowest BCUT2D eigenvalue weighted by atomic mass is 9.96. The quantitative estimate of drug-likeness (QED) is 0.355. The molecule has 1 aliphatic rings. The van der Waals surface area contributed by atoms with Crippen molar-refractivity contribution in [1.82, 2.24) is 4.90 Å². The normalized spacial score (nSPS) is 16.3. The summed E-state index contributed by atoms with van der Waals surface area (Å²) in [7, 11) is 0.897. The molecule has 6 heteroatoms. The summed E-state index contributed by atoms with van der Waals surface area (Å²) >= 11 is 0. The summed E-state index contributed by atoms with van der Waals surface area (Å²) in [6.45, 7) is 6.46. The molecule has 0 saturated heterocycles. The Bertz CT molecular complexity index is 824. The summed E-state index contributed by atoms with van der Waals surface area (Å²) in [6, 6.07) is 7.46. The minimum absolute atomic E-state index is 0.0833. The topological polar surface area (TPSA) is 55.8 Å². The van der Waals surface area contributed by atoms with Crippen molar-refractivity contribution in [2.75, 3.05) is 14.2 Å². The molecule has 0 aliphatic carbocycles. The molecule has 0 bridgehead atoms. The van der Waals surface area contributed by atoms with E-state index in [0.717, 1.165) is 17.2 Å². The first-order chi connectivity index (χ1) is 12.3. The Morgan fingerprint density at radius 3 is 2.46 bits per heavy atom. The van der Waals surface area contributed by atoms with Gasteiger partial charge in [-0.25, -0.2) is 9.59 Å². The first kappa shape index (κ1) is 19.5. The fraction of sp³-hybridized carbons (Fsp3) is 0.300. The van der Waals surface area contributed by atoms with Gasteiger partial charge in [-0.1, -0.05) is 49.8 Å². The van der Waals surface area contributed by atoms with Crippen molar-refractivity contribution in [1.29, 1.82) is 0 Å². The van der Waals surface area contributed by atoms with Crippen molar-refractivity contribution in [2.45, 2.75) is 25.7 Å². The van der Waals surface area contributed by atoms with Gasteiger partial charge in [-0.3, -0.25) is 0 Å². The molecule has 1 aliphatic heterocycles. The zero-order valence-corrected chi connectivity index (χ0v) is 16.7. The van der Waals surface area contributed by atoms with Gasteiger partial charge in [-0.15, -0.1) is 5.54 Å². The van der Waals surface area contributed by atoms with Crippen LogP contribution in [0.25, 0.3) is 6.08 Å². The number of hydrogen-bond donors (Lipinski definition) is 0. The van der Waals surface area contributed by atoms with Crippen LogP contribution in [0, 0.1) is 11.5 Å². The lowest BCUT2D eigenvalue weighted by Gasteiger charge is -2.32. The molecule has 0 saturated carbocycles. The van der Waals surface area contributed by atoms with Gasteiger partial charge in [0.15, 0.2) is 0 Å². The fourth-order valence-corrected chi connectivity index (χ4v) is 3.04. The van der Waals surface area contributed by atoms with Gasteiger partial charge in [0, 0.05) is 6.20 Å². The maximum Gasteiger partial charge on any atom is 0.354 e. The average molecular weight is 369 g/mol. The first-order valence-corrected chi connectivity index (χ1v) is 11.7. The standard InChI is InChI=1S/C20H23NO4Si/c1-24-19(22)14-18(20(23)25-2)21-12-10-15-8-6-7-9-16(15)17(21)11-13-26(3,4)5/h6-10,12,14,17H,1-5H3/b18-14+. The first-order valence-electron chi connectivity index (χ1n) is 8.23. The van der Waals surface area contributed by atoms with Gasteiger partial charge in [-0.05, 0) is 17.2 Å². The third-order valence-corrected chi connectivity index (χ3v) is 4.59. The largest absolute Gasteiger partial charge is 0.466 e. The number of rotatable bonds is 3. The molecule has 1 heterocycles. The fourth-order valence-electron chi connectivity index (χ4n) is 2.47. The third-order valence-electron chi connectivity index (χ3n) is 3.70. The van der Waals surface area contributed by atoms with Gasteiger partial charge in [0.25, 0.3) is 0 Å². The molecule has 0 amide bonds. The molecular formula is C20H23NO4Si. The van der Waals surface area contributed by atoms with Crippen molar-refractivity contribution < 1.29 is 19.1 Å².